The van der Waals surface area contributed by atoms with E-state index in [1.54, 1.807) is 19.2 Å². The third-order valence-corrected chi connectivity index (χ3v) is 4.44. The molecule has 27 heavy (non-hydrogen) atoms. The molecule has 1 unspecified atom stereocenters. The molecular formula is C18H17N3O6. The van der Waals surface area contributed by atoms with Crippen LogP contribution < -0.4 is 10.1 Å². The Balaban J connectivity index is 1.87. The Bertz CT molecular complexity index is 860. The molecule has 3 rings (SSSR count). The zero-order valence-electron chi connectivity index (χ0n) is 14.5. The van der Waals surface area contributed by atoms with Gasteiger partial charge < -0.3 is 10.1 Å². The Hall–Kier alpha value is -3.49. The number of hydrogen-bond acceptors (Lipinski definition) is 6. The maximum Gasteiger partial charge on any atom is 0.277 e. The summed E-state index contributed by atoms with van der Waals surface area (Å²) in [6.07, 6.45) is 1.90. The van der Waals surface area contributed by atoms with Crippen molar-refractivity contribution in [2.45, 2.75) is 18.9 Å². The van der Waals surface area contributed by atoms with Gasteiger partial charge in [-0.25, -0.2) is 0 Å². The van der Waals surface area contributed by atoms with Crippen molar-refractivity contribution >= 4 is 17.3 Å². The van der Waals surface area contributed by atoms with Gasteiger partial charge in [0.1, 0.15) is 5.75 Å². The number of nitro groups is 2. The van der Waals surface area contributed by atoms with Crippen LogP contribution in [0.3, 0.4) is 0 Å². The molecule has 0 spiro atoms. The minimum Gasteiger partial charge on any atom is -0.497 e. The number of rotatable bonds is 7. The van der Waals surface area contributed by atoms with Crippen molar-refractivity contribution in [2.75, 3.05) is 7.11 Å². The van der Waals surface area contributed by atoms with Crippen molar-refractivity contribution in [3.05, 3.63) is 73.8 Å². The molecule has 1 aliphatic carbocycles. The Morgan fingerprint density at radius 2 is 1.63 bits per heavy atom. The predicted molar refractivity (Wildman–Crippen MR) is 95.7 cm³/mol. The fourth-order valence-corrected chi connectivity index (χ4v) is 2.88. The lowest BCUT2D eigenvalue weighted by atomic mass is 10.0. The molecule has 140 valence electrons. The second-order valence-corrected chi connectivity index (χ2v) is 6.31. The fraction of sp³-hybridized carbons (Fsp3) is 0.278. The normalized spacial score (nSPS) is 14.3. The molecule has 1 fully saturated rings. The molecule has 9 nitrogen and oxygen atoms in total. The van der Waals surface area contributed by atoms with Gasteiger partial charge in [0, 0.05) is 12.1 Å². The van der Waals surface area contributed by atoms with Crippen LogP contribution in [0, 0.1) is 26.1 Å². The summed E-state index contributed by atoms with van der Waals surface area (Å²) in [6, 6.07) is 9.90. The van der Waals surface area contributed by atoms with Crippen molar-refractivity contribution in [3.63, 3.8) is 0 Å². The lowest BCUT2D eigenvalue weighted by Crippen LogP contribution is -2.30. The van der Waals surface area contributed by atoms with E-state index in [1.165, 1.54) is 0 Å². The van der Waals surface area contributed by atoms with E-state index < -0.39 is 27.1 Å². The first-order valence-electron chi connectivity index (χ1n) is 8.27. The molecule has 1 N–H and O–H groups in total. The van der Waals surface area contributed by atoms with Crippen LogP contribution >= 0.6 is 0 Å². The van der Waals surface area contributed by atoms with E-state index in [0.29, 0.717) is 5.75 Å². The van der Waals surface area contributed by atoms with Gasteiger partial charge in [-0.05, 0) is 36.5 Å². The van der Waals surface area contributed by atoms with Crippen molar-refractivity contribution in [1.29, 1.82) is 0 Å². The maximum absolute atomic E-state index is 12.7. The molecule has 0 heterocycles. The molecule has 2 aromatic carbocycles. The Morgan fingerprint density at radius 3 is 2.07 bits per heavy atom. The number of carbonyl (C=O) groups is 1. The molecule has 1 saturated carbocycles. The third-order valence-electron chi connectivity index (χ3n) is 4.44. The summed E-state index contributed by atoms with van der Waals surface area (Å²) in [5.41, 5.74) is -0.231. The van der Waals surface area contributed by atoms with Crippen molar-refractivity contribution in [3.8, 4) is 5.75 Å². The minimum absolute atomic E-state index is 0.116. The molecule has 0 radical (unpaired) electrons. The van der Waals surface area contributed by atoms with Crippen LogP contribution in [0.2, 0.25) is 0 Å². The molecule has 0 saturated heterocycles. The standard InChI is InChI=1S/C18H17N3O6/c1-27-16-6-4-12(5-7-16)17(11-2-3-11)19-18(22)13-8-14(20(23)24)10-15(9-13)21(25)26/h4-11,17H,2-3H2,1H3,(H,19,22). The SMILES string of the molecule is COc1ccc(C(NC(=O)c2cc([N+](=O)[O-])cc([N+](=O)[O-])c2)C2CC2)cc1. The fourth-order valence-electron chi connectivity index (χ4n) is 2.88. The van der Waals surface area contributed by atoms with Crippen LogP contribution in [0.1, 0.15) is 34.8 Å². The summed E-state index contributed by atoms with van der Waals surface area (Å²) in [5.74, 6) is 0.361. The summed E-state index contributed by atoms with van der Waals surface area (Å²) in [4.78, 5) is 33.2. The lowest BCUT2D eigenvalue weighted by Gasteiger charge is -2.19. The highest BCUT2D eigenvalue weighted by molar-refractivity contribution is 5.95. The van der Waals surface area contributed by atoms with E-state index >= 15 is 0 Å². The number of amides is 1. The highest BCUT2D eigenvalue weighted by Gasteiger charge is 2.34. The van der Waals surface area contributed by atoms with E-state index in [2.05, 4.69) is 5.32 Å². The second-order valence-electron chi connectivity index (χ2n) is 6.31. The van der Waals surface area contributed by atoms with E-state index in [4.69, 9.17) is 4.74 Å². The summed E-state index contributed by atoms with van der Waals surface area (Å²) >= 11 is 0. The number of nitrogens with one attached hydrogen (secondary N) is 1. The zero-order chi connectivity index (χ0) is 19.6. The number of benzene rings is 2. The van der Waals surface area contributed by atoms with Crippen LogP contribution in [0.5, 0.6) is 5.75 Å². The second kappa shape index (κ2) is 7.40. The number of methoxy groups -OCH3 is 1. The number of hydrogen-bond donors (Lipinski definition) is 1. The van der Waals surface area contributed by atoms with Gasteiger partial charge in [0.15, 0.2) is 0 Å². The largest absolute Gasteiger partial charge is 0.497 e. The van der Waals surface area contributed by atoms with Crippen molar-refractivity contribution in [2.24, 2.45) is 5.92 Å². The zero-order valence-corrected chi connectivity index (χ0v) is 14.5. The Morgan fingerprint density at radius 1 is 1.07 bits per heavy atom. The van der Waals surface area contributed by atoms with Crippen LogP contribution in [-0.4, -0.2) is 22.9 Å². The maximum atomic E-state index is 12.7. The molecule has 1 atom stereocenters. The molecule has 1 amide bonds. The van der Waals surface area contributed by atoms with Gasteiger partial charge in [0.05, 0.1) is 34.6 Å². The summed E-state index contributed by atoms with van der Waals surface area (Å²) < 4.78 is 5.13. The molecule has 1 aliphatic rings. The number of carbonyl (C=O) groups excluding carboxylic acids is 1. The van der Waals surface area contributed by atoms with Crippen molar-refractivity contribution < 1.29 is 19.4 Å². The first-order valence-corrected chi connectivity index (χ1v) is 8.27. The predicted octanol–water partition coefficient (Wildman–Crippen LogP) is 3.39. The van der Waals surface area contributed by atoms with Crippen LogP contribution in [0.15, 0.2) is 42.5 Å². The van der Waals surface area contributed by atoms with E-state index in [-0.39, 0.29) is 17.5 Å². The van der Waals surface area contributed by atoms with Gasteiger partial charge in [-0.1, -0.05) is 12.1 Å². The Labute approximate surface area is 154 Å². The number of non-ortho nitro benzene ring substituents is 2. The number of nitro benzene ring substituents is 2. The van der Waals surface area contributed by atoms with Gasteiger partial charge in [-0.3, -0.25) is 25.0 Å². The van der Waals surface area contributed by atoms with Crippen LogP contribution in [0.25, 0.3) is 0 Å². The summed E-state index contributed by atoms with van der Waals surface area (Å²) in [5, 5.41) is 24.9. The van der Waals surface area contributed by atoms with Gasteiger partial charge in [0.25, 0.3) is 17.3 Å². The Kier molecular flexibility index (Phi) is 5.02. The number of nitrogens with zero attached hydrogens (tertiary/aromatic N) is 2. The molecule has 0 aromatic heterocycles. The summed E-state index contributed by atoms with van der Waals surface area (Å²) in [7, 11) is 1.56. The van der Waals surface area contributed by atoms with Gasteiger partial charge in [0.2, 0.25) is 0 Å². The molecule has 0 bridgehead atoms. The molecule has 2 aromatic rings. The first kappa shape index (κ1) is 18.3. The smallest absolute Gasteiger partial charge is 0.277 e. The van der Waals surface area contributed by atoms with Crippen molar-refractivity contribution in [1.82, 2.24) is 5.32 Å². The first-order chi connectivity index (χ1) is 12.9. The van der Waals surface area contributed by atoms with Gasteiger partial charge in [-0.15, -0.1) is 0 Å². The van der Waals surface area contributed by atoms with E-state index in [9.17, 15) is 25.0 Å². The van der Waals surface area contributed by atoms with Crippen LogP contribution in [-0.2, 0) is 0 Å². The lowest BCUT2D eigenvalue weighted by molar-refractivity contribution is -0.394. The van der Waals surface area contributed by atoms with E-state index in [1.807, 2.05) is 12.1 Å². The van der Waals surface area contributed by atoms with Gasteiger partial charge >= 0.3 is 0 Å². The van der Waals surface area contributed by atoms with Gasteiger partial charge in [-0.2, -0.15) is 0 Å². The highest BCUT2D eigenvalue weighted by Crippen LogP contribution is 2.41. The van der Waals surface area contributed by atoms with E-state index in [0.717, 1.165) is 36.6 Å². The third kappa shape index (κ3) is 4.20. The average molecular weight is 371 g/mol. The summed E-state index contributed by atoms with van der Waals surface area (Å²) in [6.45, 7) is 0. The molecule has 0 aliphatic heterocycles. The molecular weight excluding hydrogens is 354 g/mol. The molecule has 9 heteroatoms. The van der Waals surface area contributed by atoms with Crippen LogP contribution in [0.4, 0.5) is 11.4 Å². The highest BCUT2D eigenvalue weighted by atomic mass is 16.6. The minimum atomic E-state index is -0.758. The average Bonchev–Trinajstić information content (AvgIpc) is 3.50. The monoisotopic (exact) mass is 371 g/mol. The quantitative estimate of drug-likeness (QED) is 0.587. The number of ether oxygens (including phenoxy) is 1. The topological polar surface area (TPSA) is 125 Å².